The van der Waals surface area contributed by atoms with Crippen LogP contribution >= 0.6 is 0 Å². The molecule has 0 unspecified atom stereocenters. The highest BCUT2D eigenvalue weighted by atomic mass is 16.5. The van der Waals surface area contributed by atoms with Gasteiger partial charge in [0.1, 0.15) is 0 Å². The molecule has 0 N–H and O–H groups in total. The fourth-order valence-corrected chi connectivity index (χ4v) is 0.567. The van der Waals surface area contributed by atoms with Gasteiger partial charge in [-0.1, -0.05) is 0 Å². The molecule has 0 aliphatic carbocycles. The summed E-state index contributed by atoms with van der Waals surface area (Å²) in [5.74, 6) is 1.03. The van der Waals surface area contributed by atoms with Crippen LogP contribution in [0.15, 0.2) is 12.1 Å². The van der Waals surface area contributed by atoms with Crippen molar-refractivity contribution in [2.24, 2.45) is 0 Å². The number of hydrogen-bond donors (Lipinski definition) is 0. The van der Waals surface area contributed by atoms with Crippen LogP contribution in [-0.4, -0.2) is 19.2 Å². The second-order valence-electron chi connectivity index (χ2n) is 1.65. The summed E-state index contributed by atoms with van der Waals surface area (Å²) in [5, 5.41) is 0. The normalized spacial score (nSPS) is 9.00. The third kappa shape index (κ3) is 1.37. The maximum atomic E-state index is 4.83. The molecule has 0 amide bonds. The van der Waals surface area contributed by atoms with Crippen molar-refractivity contribution in [2.45, 2.75) is 0 Å². The van der Waals surface area contributed by atoms with Crippen LogP contribution in [-0.2, 0) is 0 Å². The Morgan fingerprint density at radius 1 is 1.20 bits per heavy atom. The Labute approximate surface area is 59.6 Å². The Bertz CT molecular complexity index is 193. The number of aromatic nitrogens is 1. The zero-order chi connectivity index (χ0) is 7.40. The highest BCUT2D eigenvalue weighted by molar-refractivity contribution is 5.18. The zero-order valence-corrected chi connectivity index (χ0v) is 5.92. The van der Waals surface area contributed by atoms with E-state index in [0.29, 0.717) is 11.8 Å². The van der Waals surface area contributed by atoms with Gasteiger partial charge in [-0.3, -0.25) is 0 Å². The Hall–Kier alpha value is -1.25. The van der Waals surface area contributed by atoms with E-state index in [9.17, 15) is 0 Å². The molecule has 0 aromatic carbocycles. The van der Waals surface area contributed by atoms with Gasteiger partial charge in [0.15, 0.2) is 0 Å². The van der Waals surface area contributed by atoms with Crippen molar-refractivity contribution in [3.05, 3.63) is 18.2 Å². The van der Waals surface area contributed by atoms with Crippen LogP contribution in [0.3, 0.4) is 0 Å². The number of methoxy groups -OCH3 is 2. The summed E-state index contributed by atoms with van der Waals surface area (Å²) in [5.41, 5.74) is 0. The lowest BCUT2D eigenvalue weighted by Crippen LogP contribution is -1.90. The Balaban J connectivity index is 2.87. The molecule has 0 saturated carbocycles. The first-order chi connectivity index (χ1) is 4.86. The van der Waals surface area contributed by atoms with Crippen LogP contribution in [0.2, 0.25) is 0 Å². The monoisotopic (exact) mass is 138 g/mol. The molecule has 3 heteroatoms. The lowest BCUT2D eigenvalue weighted by Gasteiger charge is -1.99. The quantitative estimate of drug-likeness (QED) is 0.608. The third-order valence-corrected chi connectivity index (χ3v) is 1.05. The molecule has 1 heterocycles. The standard InChI is InChI=1S/C7H8NO2/c1-9-6-4-3-5-7(8-6)10-2/h4-5H,1-2H3. The Kier molecular flexibility index (Phi) is 2.10. The van der Waals surface area contributed by atoms with E-state index in [1.807, 2.05) is 0 Å². The first-order valence-electron chi connectivity index (χ1n) is 2.83. The molecule has 1 aromatic rings. The molecule has 53 valence electrons. The molecule has 1 rings (SSSR count). The minimum Gasteiger partial charge on any atom is -0.481 e. The van der Waals surface area contributed by atoms with Crippen molar-refractivity contribution >= 4 is 0 Å². The highest BCUT2D eigenvalue weighted by Gasteiger charge is 1.93. The van der Waals surface area contributed by atoms with Gasteiger partial charge in [0, 0.05) is 12.1 Å². The molecule has 0 fully saturated rings. The fourth-order valence-electron chi connectivity index (χ4n) is 0.567. The van der Waals surface area contributed by atoms with Crippen LogP contribution in [0, 0.1) is 6.07 Å². The highest BCUT2D eigenvalue weighted by Crippen LogP contribution is 2.10. The van der Waals surface area contributed by atoms with Crippen molar-refractivity contribution in [3.63, 3.8) is 0 Å². The van der Waals surface area contributed by atoms with Crippen molar-refractivity contribution < 1.29 is 9.47 Å². The van der Waals surface area contributed by atoms with Gasteiger partial charge < -0.3 is 9.47 Å². The Morgan fingerprint density at radius 2 is 1.70 bits per heavy atom. The molecule has 0 saturated heterocycles. The topological polar surface area (TPSA) is 31.4 Å². The molecular formula is C7H8NO2. The fraction of sp³-hybridized carbons (Fsp3) is 0.286. The average Bonchev–Trinajstić information content (AvgIpc) is 2.05. The largest absolute Gasteiger partial charge is 0.481 e. The van der Waals surface area contributed by atoms with Crippen molar-refractivity contribution in [3.8, 4) is 11.8 Å². The van der Waals surface area contributed by atoms with Gasteiger partial charge in [-0.25, -0.2) is 0 Å². The van der Waals surface area contributed by atoms with Gasteiger partial charge in [-0.2, -0.15) is 4.98 Å². The van der Waals surface area contributed by atoms with Crippen molar-refractivity contribution in [1.29, 1.82) is 0 Å². The van der Waals surface area contributed by atoms with Gasteiger partial charge in [0.2, 0.25) is 11.8 Å². The van der Waals surface area contributed by atoms with E-state index in [0.717, 1.165) is 0 Å². The van der Waals surface area contributed by atoms with E-state index < -0.39 is 0 Å². The molecule has 0 aliphatic rings. The number of nitrogens with zero attached hydrogens (tertiary/aromatic N) is 1. The average molecular weight is 138 g/mol. The molecular weight excluding hydrogens is 130 g/mol. The van der Waals surface area contributed by atoms with Gasteiger partial charge in [0.05, 0.1) is 14.2 Å². The number of ether oxygens (including phenoxy) is 2. The van der Waals surface area contributed by atoms with Crippen LogP contribution in [0.1, 0.15) is 0 Å². The molecule has 3 nitrogen and oxygen atoms in total. The van der Waals surface area contributed by atoms with Crippen LogP contribution in [0.5, 0.6) is 11.8 Å². The third-order valence-electron chi connectivity index (χ3n) is 1.05. The van der Waals surface area contributed by atoms with E-state index in [2.05, 4.69) is 11.1 Å². The molecule has 0 spiro atoms. The van der Waals surface area contributed by atoms with Crippen LogP contribution in [0.4, 0.5) is 0 Å². The lowest BCUT2D eigenvalue weighted by atomic mass is 10.5. The van der Waals surface area contributed by atoms with E-state index in [4.69, 9.17) is 9.47 Å². The van der Waals surface area contributed by atoms with Gasteiger partial charge in [-0.05, 0) is 6.07 Å². The second-order valence-corrected chi connectivity index (χ2v) is 1.65. The minimum atomic E-state index is 0.513. The number of pyridine rings is 1. The predicted octanol–water partition coefficient (Wildman–Crippen LogP) is 0.899. The molecule has 0 atom stereocenters. The van der Waals surface area contributed by atoms with Crippen molar-refractivity contribution in [1.82, 2.24) is 4.98 Å². The van der Waals surface area contributed by atoms with Gasteiger partial charge in [0.25, 0.3) is 0 Å². The smallest absolute Gasteiger partial charge is 0.216 e. The minimum absolute atomic E-state index is 0.513. The summed E-state index contributed by atoms with van der Waals surface area (Å²) in [4.78, 5) is 3.93. The molecule has 0 bridgehead atoms. The summed E-state index contributed by atoms with van der Waals surface area (Å²) < 4.78 is 9.67. The first kappa shape index (κ1) is 6.86. The van der Waals surface area contributed by atoms with Crippen LogP contribution < -0.4 is 9.47 Å². The summed E-state index contributed by atoms with van der Waals surface area (Å²) in [6.45, 7) is 0. The van der Waals surface area contributed by atoms with Crippen LogP contribution in [0.25, 0.3) is 0 Å². The molecule has 1 aromatic heterocycles. The van der Waals surface area contributed by atoms with E-state index in [-0.39, 0.29) is 0 Å². The predicted molar refractivity (Wildman–Crippen MR) is 36.2 cm³/mol. The first-order valence-corrected chi connectivity index (χ1v) is 2.83. The second kappa shape index (κ2) is 3.06. The van der Waals surface area contributed by atoms with Gasteiger partial charge >= 0.3 is 0 Å². The summed E-state index contributed by atoms with van der Waals surface area (Å²) in [7, 11) is 3.10. The summed E-state index contributed by atoms with van der Waals surface area (Å²) in [6.07, 6.45) is 0. The maximum absolute atomic E-state index is 4.83. The van der Waals surface area contributed by atoms with E-state index >= 15 is 0 Å². The van der Waals surface area contributed by atoms with Gasteiger partial charge in [-0.15, -0.1) is 0 Å². The van der Waals surface area contributed by atoms with E-state index in [1.165, 1.54) is 0 Å². The lowest BCUT2D eigenvalue weighted by molar-refractivity contribution is 0.364. The summed E-state index contributed by atoms with van der Waals surface area (Å²) in [6, 6.07) is 6.10. The number of hydrogen-bond acceptors (Lipinski definition) is 3. The summed E-state index contributed by atoms with van der Waals surface area (Å²) >= 11 is 0. The van der Waals surface area contributed by atoms with E-state index in [1.54, 1.807) is 26.4 Å². The maximum Gasteiger partial charge on any atom is 0.216 e. The number of rotatable bonds is 2. The zero-order valence-electron chi connectivity index (χ0n) is 5.92. The molecule has 1 radical (unpaired) electrons. The molecule has 0 aliphatic heterocycles. The Morgan fingerprint density at radius 3 is 2.10 bits per heavy atom. The van der Waals surface area contributed by atoms with Crippen molar-refractivity contribution in [2.75, 3.05) is 14.2 Å². The SMILES string of the molecule is COc1c[c]cc(OC)n1. The molecule has 10 heavy (non-hydrogen) atoms.